The standard InChI is InChI=1S/C25H29ClFNSi/c1-16(2)29(17(3)4,18(5)6)14-13-22-23-15-20(26)9-12-24(23)28-25(22)19-7-10-21(27)11-8-19/h7-12,15-18,28H,1-6H3. The maximum atomic E-state index is 13.5. The maximum absolute atomic E-state index is 13.5. The molecule has 0 saturated heterocycles. The van der Waals surface area contributed by atoms with E-state index in [1.807, 2.05) is 18.2 Å². The minimum absolute atomic E-state index is 0.244. The Balaban J connectivity index is 2.28. The van der Waals surface area contributed by atoms with Crippen LogP contribution in [0.15, 0.2) is 42.5 Å². The molecule has 0 radical (unpaired) electrons. The summed E-state index contributed by atoms with van der Waals surface area (Å²) in [5.74, 6) is 3.35. The van der Waals surface area contributed by atoms with E-state index in [2.05, 4.69) is 58.0 Å². The first-order chi connectivity index (χ1) is 13.7. The van der Waals surface area contributed by atoms with Crippen molar-refractivity contribution in [3.63, 3.8) is 0 Å². The second-order valence-electron chi connectivity index (χ2n) is 8.72. The SMILES string of the molecule is CC(C)[Si](C#Cc1c(-c2ccc(F)cc2)[nH]c2ccc(Cl)cc12)(C(C)C)C(C)C. The Morgan fingerprint density at radius 1 is 0.897 bits per heavy atom. The number of aromatic amines is 1. The van der Waals surface area contributed by atoms with E-state index in [1.165, 1.54) is 12.1 Å². The zero-order valence-electron chi connectivity index (χ0n) is 18.0. The molecule has 1 N–H and O–H groups in total. The number of aromatic nitrogens is 1. The zero-order valence-corrected chi connectivity index (χ0v) is 19.8. The molecule has 4 heteroatoms. The summed E-state index contributed by atoms with van der Waals surface area (Å²) < 4.78 is 13.5. The van der Waals surface area contributed by atoms with Crippen LogP contribution in [0.25, 0.3) is 22.2 Å². The van der Waals surface area contributed by atoms with Crippen molar-refractivity contribution in [1.82, 2.24) is 4.98 Å². The first-order valence-electron chi connectivity index (χ1n) is 10.3. The second kappa shape index (κ2) is 8.38. The largest absolute Gasteiger partial charge is 0.353 e. The van der Waals surface area contributed by atoms with Gasteiger partial charge < -0.3 is 4.98 Å². The number of nitrogens with one attached hydrogen (secondary N) is 1. The van der Waals surface area contributed by atoms with Gasteiger partial charge >= 0.3 is 0 Å². The van der Waals surface area contributed by atoms with Crippen LogP contribution in [0.1, 0.15) is 47.1 Å². The molecule has 3 rings (SSSR count). The molecule has 0 amide bonds. The highest BCUT2D eigenvalue weighted by Crippen LogP contribution is 2.41. The van der Waals surface area contributed by atoms with Gasteiger partial charge in [-0.3, -0.25) is 0 Å². The topological polar surface area (TPSA) is 15.8 Å². The zero-order chi connectivity index (χ0) is 21.3. The molecule has 0 bridgehead atoms. The molecule has 1 aromatic heterocycles. The summed E-state index contributed by atoms with van der Waals surface area (Å²) in [6, 6.07) is 12.4. The Hall–Kier alpha value is -2.02. The number of hydrogen-bond donors (Lipinski definition) is 1. The average Bonchev–Trinajstić information content (AvgIpc) is 3.00. The number of rotatable bonds is 4. The third-order valence-electron chi connectivity index (χ3n) is 6.16. The molecule has 1 nitrogen and oxygen atoms in total. The van der Waals surface area contributed by atoms with Gasteiger partial charge in [-0.15, -0.1) is 5.54 Å². The van der Waals surface area contributed by atoms with Gasteiger partial charge in [-0.25, -0.2) is 4.39 Å². The van der Waals surface area contributed by atoms with Crippen molar-refractivity contribution in [2.75, 3.05) is 0 Å². The Kier molecular flexibility index (Phi) is 6.26. The van der Waals surface area contributed by atoms with Crippen LogP contribution in [-0.2, 0) is 0 Å². The van der Waals surface area contributed by atoms with Crippen LogP contribution in [-0.4, -0.2) is 13.1 Å². The Morgan fingerprint density at radius 2 is 1.48 bits per heavy atom. The molecule has 0 aliphatic heterocycles. The Bertz CT molecular complexity index is 1050. The van der Waals surface area contributed by atoms with Gasteiger partial charge in [-0.05, 0) is 64.7 Å². The number of halogens is 2. The average molecular weight is 426 g/mol. The minimum Gasteiger partial charge on any atom is -0.353 e. The quantitative estimate of drug-likeness (QED) is 0.320. The first-order valence-corrected chi connectivity index (χ1v) is 12.9. The van der Waals surface area contributed by atoms with Crippen molar-refractivity contribution in [1.29, 1.82) is 0 Å². The van der Waals surface area contributed by atoms with Gasteiger partial charge in [0.15, 0.2) is 0 Å². The predicted molar refractivity (Wildman–Crippen MR) is 127 cm³/mol. The van der Waals surface area contributed by atoms with Crippen LogP contribution in [0.5, 0.6) is 0 Å². The van der Waals surface area contributed by atoms with Crippen molar-refractivity contribution < 1.29 is 4.39 Å². The summed E-state index contributed by atoms with van der Waals surface area (Å²) in [5.41, 5.74) is 9.27. The number of H-pyrrole nitrogens is 1. The third kappa shape index (κ3) is 4.02. The maximum Gasteiger partial charge on any atom is 0.146 e. The highest BCUT2D eigenvalue weighted by molar-refractivity contribution is 6.90. The van der Waals surface area contributed by atoms with E-state index in [1.54, 1.807) is 12.1 Å². The van der Waals surface area contributed by atoms with Gasteiger partial charge in [0, 0.05) is 15.9 Å². The normalized spacial score (nSPS) is 12.1. The fourth-order valence-electron chi connectivity index (χ4n) is 4.73. The van der Waals surface area contributed by atoms with Crippen LogP contribution >= 0.6 is 11.6 Å². The molecule has 29 heavy (non-hydrogen) atoms. The van der Waals surface area contributed by atoms with Crippen molar-refractivity contribution in [2.24, 2.45) is 0 Å². The number of fused-ring (bicyclic) bond motifs is 1. The summed E-state index contributed by atoms with van der Waals surface area (Å²) >= 11 is 6.31. The third-order valence-corrected chi connectivity index (χ3v) is 12.7. The van der Waals surface area contributed by atoms with Gasteiger partial charge in [0.25, 0.3) is 0 Å². The monoisotopic (exact) mass is 425 g/mol. The lowest BCUT2D eigenvalue weighted by Gasteiger charge is -2.38. The van der Waals surface area contributed by atoms with Gasteiger partial charge in [-0.2, -0.15) is 0 Å². The minimum atomic E-state index is -1.89. The van der Waals surface area contributed by atoms with Crippen molar-refractivity contribution >= 4 is 30.6 Å². The molecule has 152 valence electrons. The lowest BCUT2D eigenvalue weighted by atomic mass is 10.1. The number of benzene rings is 2. The molecule has 2 aromatic carbocycles. The van der Waals surface area contributed by atoms with Crippen LogP contribution in [0.2, 0.25) is 21.6 Å². The molecule has 0 atom stereocenters. The Labute approximate surface area is 179 Å². The highest BCUT2D eigenvalue weighted by atomic mass is 35.5. The van der Waals surface area contributed by atoms with E-state index >= 15 is 0 Å². The van der Waals surface area contributed by atoms with Crippen molar-refractivity contribution in [3.05, 3.63) is 58.9 Å². The molecular weight excluding hydrogens is 397 g/mol. The van der Waals surface area contributed by atoms with E-state index < -0.39 is 8.07 Å². The van der Waals surface area contributed by atoms with E-state index in [4.69, 9.17) is 11.6 Å². The molecule has 1 heterocycles. The smallest absolute Gasteiger partial charge is 0.146 e. The fraction of sp³-hybridized carbons (Fsp3) is 0.360. The predicted octanol–water partition coefficient (Wildman–Crippen LogP) is 8.20. The summed E-state index contributed by atoms with van der Waals surface area (Å²) in [5, 5.41) is 1.70. The summed E-state index contributed by atoms with van der Waals surface area (Å²) in [6.45, 7) is 13.9. The molecule has 0 aliphatic carbocycles. The summed E-state index contributed by atoms with van der Waals surface area (Å²) in [4.78, 5) is 3.48. The molecule has 0 unspecified atom stereocenters. The number of hydrogen-bond acceptors (Lipinski definition) is 0. The van der Waals surface area contributed by atoms with Gasteiger partial charge in [0.2, 0.25) is 0 Å². The summed E-state index contributed by atoms with van der Waals surface area (Å²) in [6.07, 6.45) is 0. The van der Waals surface area contributed by atoms with E-state index in [9.17, 15) is 4.39 Å². The summed E-state index contributed by atoms with van der Waals surface area (Å²) in [7, 11) is -1.89. The second-order valence-corrected chi connectivity index (χ2v) is 14.7. The lowest BCUT2D eigenvalue weighted by molar-refractivity contribution is 0.628. The lowest BCUT2D eigenvalue weighted by Crippen LogP contribution is -2.43. The molecule has 0 spiro atoms. The highest BCUT2D eigenvalue weighted by Gasteiger charge is 2.41. The van der Waals surface area contributed by atoms with Crippen LogP contribution in [0, 0.1) is 17.3 Å². The van der Waals surface area contributed by atoms with Crippen molar-refractivity contribution in [2.45, 2.75) is 58.2 Å². The van der Waals surface area contributed by atoms with Gasteiger partial charge in [0.05, 0.1) is 11.3 Å². The van der Waals surface area contributed by atoms with Crippen LogP contribution in [0.3, 0.4) is 0 Å². The van der Waals surface area contributed by atoms with Crippen molar-refractivity contribution in [3.8, 4) is 22.7 Å². The molecule has 0 fully saturated rings. The van der Waals surface area contributed by atoms with E-state index in [-0.39, 0.29) is 5.82 Å². The molecular formula is C25H29ClFNSi. The Morgan fingerprint density at radius 3 is 2.03 bits per heavy atom. The van der Waals surface area contributed by atoms with Gasteiger partial charge in [0.1, 0.15) is 13.9 Å². The van der Waals surface area contributed by atoms with Gasteiger partial charge in [-0.1, -0.05) is 59.1 Å². The molecule has 3 aromatic rings. The van der Waals surface area contributed by atoms with Crippen LogP contribution < -0.4 is 0 Å². The molecule has 0 saturated carbocycles. The molecule has 0 aliphatic rings. The van der Waals surface area contributed by atoms with E-state index in [0.29, 0.717) is 21.6 Å². The first kappa shape index (κ1) is 21.7. The fourth-order valence-corrected chi connectivity index (χ4v) is 10.1. The van der Waals surface area contributed by atoms with Crippen LogP contribution in [0.4, 0.5) is 4.39 Å². The van der Waals surface area contributed by atoms with E-state index in [0.717, 1.165) is 27.7 Å².